The largest absolute Gasteiger partial charge is 0.494 e. The normalized spacial score (nSPS) is 17.7. The average molecular weight is 319 g/mol. The second kappa shape index (κ2) is 8.53. The van der Waals surface area contributed by atoms with E-state index in [0.29, 0.717) is 31.3 Å². The van der Waals surface area contributed by atoms with Gasteiger partial charge in [0.15, 0.2) is 0 Å². The van der Waals surface area contributed by atoms with Crippen molar-refractivity contribution in [2.24, 2.45) is 5.92 Å². The molecule has 0 saturated carbocycles. The maximum absolute atomic E-state index is 12.0. The summed E-state index contributed by atoms with van der Waals surface area (Å²) >= 11 is 0. The van der Waals surface area contributed by atoms with Gasteiger partial charge in [0.1, 0.15) is 5.75 Å². The fraction of sp³-hybridized carbons (Fsp3) is 0.529. The van der Waals surface area contributed by atoms with E-state index in [1.807, 2.05) is 12.1 Å². The Morgan fingerprint density at radius 3 is 2.70 bits per heavy atom. The molecule has 1 unspecified atom stereocenters. The van der Waals surface area contributed by atoms with E-state index in [-0.39, 0.29) is 18.2 Å². The van der Waals surface area contributed by atoms with Gasteiger partial charge in [0.25, 0.3) is 0 Å². The van der Waals surface area contributed by atoms with Crippen molar-refractivity contribution in [1.82, 2.24) is 10.6 Å². The van der Waals surface area contributed by atoms with Crippen molar-refractivity contribution >= 4 is 17.5 Å². The minimum Gasteiger partial charge on any atom is -0.494 e. The van der Waals surface area contributed by atoms with Gasteiger partial charge in [0, 0.05) is 18.8 Å². The van der Waals surface area contributed by atoms with E-state index < -0.39 is 6.04 Å². The number of nitrogens with one attached hydrogen (secondary N) is 3. The number of carbonyl (C=O) groups is 2. The number of benzene rings is 1. The van der Waals surface area contributed by atoms with Crippen molar-refractivity contribution in [2.75, 3.05) is 25.0 Å². The SMILES string of the molecule is CC(C)CCOc1ccc(NC(=O)CC2NCCNC2=O)cc1. The summed E-state index contributed by atoms with van der Waals surface area (Å²) in [4.78, 5) is 23.6. The summed E-state index contributed by atoms with van der Waals surface area (Å²) in [5.41, 5.74) is 0.697. The zero-order valence-electron chi connectivity index (χ0n) is 13.7. The van der Waals surface area contributed by atoms with Gasteiger partial charge in [-0.15, -0.1) is 0 Å². The summed E-state index contributed by atoms with van der Waals surface area (Å²) in [7, 11) is 0. The first-order valence-corrected chi connectivity index (χ1v) is 8.08. The van der Waals surface area contributed by atoms with Crippen molar-refractivity contribution in [3.63, 3.8) is 0 Å². The molecule has 0 bridgehead atoms. The quantitative estimate of drug-likeness (QED) is 0.712. The van der Waals surface area contributed by atoms with Crippen molar-refractivity contribution in [2.45, 2.75) is 32.7 Å². The molecule has 1 atom stereocenters. The van der Waals surface area contributed by atoms with Gasteiger partial charge in [-0.1, -0.05) is 13.8 Å². The molecule has 6 nitrogen and oxygen atoms in total. The van der Waals surface area contributed by atoms with Crippen LogP contribution in [-0.4, -0.2) is 37.6 Å². The van der Waals surface area contributed by atoms with Crippen LogP contribution < -0.4 is 20.7 Å². The van der Waals surface area contributed by atoms with Crippen molar-refractivity contribution in [3.8, 4) is 5.75 Å². The molecule has 2 rings (SSSR count). The highest BCUT2D eigenvalue weighted by molar-refractivity contribution is 5.95. The third kappa shape index (κ3) is 5.90. The van der Waals surface area contributed by atoms with Crippen LogP contribution in [-0.2, 0) is 9.59 Å². The summed E-state index contributed by atoms with van der Waals surface area (Å²) in [5, 5.41) is 8.57. The molecule has 126 valence electrons. The first-order valence-electron chi connectivity index (χ1n) is 8.08. The van der Waals surface area contributed by atoms with E-state index in [0.717, 1.165) is 12.2 Å². The van der Waals surface area contributed by atoms with Crippen LogP contribution in [0.2, 0.25) is 0 Å². The lowest BCUT2D eigenvalue weighted by Crippen LogP contribution is -2.53. The molecule has 3 N–H and O–H groups in total. The number of hydrogen-bond donors (Lipinski definition) is 3. The van der Waals surface area contributed by atoms with Crippen LogP contribution in [0.4, 0.5) is 5.69 Å². The average Bonchev–Trinajstić information content (AvgIpc) is 2.51. The number of carbonyl (C=O) groups excluding carboxylic acids is 2. The lowest BCUT2D eigenvalue weighted by Gasteiger charge is -2.22. The van der Waals surface area contributed by atoms with Crippen LogP contribution in [0.5, 0.6) is 5.75 Å². The molecule has 0 aliphatic carbocycles. The highest BCUT2D eigenvalue weighted by atomic mass is 16.5. The van der Waals surface area contributed by atoms with Gasteiger partial charge in [-0.2, -0.15) is 0 Å². The first kappa shape index (κ1) is 17.3. The zero-order valence-corrected chi connectivity index (χ0v) is 13.7. The van der Waals surface area contributed by atoms with Gasteiger partial charge < -0.3 is 20.7 Å². The van der Waals surface area contributed by atoms with Gasteiger partial charge in [-0.3, -0.25) is 9.59 Å². The Morgan fingerprint density at radius 2 is 2.04 bits per heavy atom. The summed E-state index contributed by atoms with van der Waals surface area (Å²) in [6.45, 7) is 6.29. The Bertz CT molecular complexity index is 528. The Hall–Kier alpha value is -2.08. The topological polar surface area (TPSA) is 79.5 Å². The predicted molar refractivity (Wildman–Crippen MR) is 89.4 cm³/mol. The van der Waals surface area contributed by atoms with E-state index in [1.165, 1.54) is 0 Å². The minimum absolute atomic E-state index is 0.123. The van der Waals surface area contributed by atoms with Gasteiger partial charge in [0.2, 0.25) is 11.8 Å². The molecule has 1 saturated heterocycles. The molecule has 2 amide bonds. The molecule has 0 aromatic heterocycles. The molecule has 1 aromatic rings. The molecule has 0 radical (unpaired) electrons. The monoisotopic (exact) mass is 319 g/mol. The molecule has 1 aromatic carbocycles. The molecule has 1 aliphatic rings. The number of piperazine rings is 1. The van der Waals surface area contributed by atoms with E-state index in [1.54, 1.807) is 12.1 Å². The van der Waals surface area contributed by atoms with E-state index in [4.69, 9.17) is 4.74 Å². The number of ether oxygens (including phenoxy) is 1. The van der Waals surface area contributed by atoms with Crippen LogP contribution in [0.25, 0.3) is 0 Å². The maximum atomic E-state index is 12.0. The van der Waals surface area contributed by atoms with E-state index in [2.05, 4.69) is 29.8 Å². The van der Waals surface area contributed by atoms with E-state index >= 15 is 0 Å². The van der Waals surface area contributed by atoms with Crippen molar-refractivity contribution in [1.29, 1.82) is 0 Å². The molecular weight excluding hydrogens is 294 g/mol. The van der Waals surface area contributed by atoms with Crippen LogP contribution in [0.1, 0.15) is 26.7 Å². The van der Waals surface area contributed by atoms with Gasteiger partial charge >= 0.3 is 0 Å². The predicted octanol–water partition coefficient (Wildman–Crippen LogP) is 1.53. The summed E-state index contributed by atoms with van der Waals surface area (Å²) in [6, 6.07) is 6.82. The van der Waals surface area contributed by atoms with Crippen molar-refractivity contribution < 1.29 is 14.3 Å². The summed E-state index contributed by atoms with van der Waals surface area (Å²) < 4.78 is 5.64. The molecule has 0 spiro atoms. The van der Waals surface area contributed by atoms with Crippen molar-refractivity contribution in [3.05, 3.63) is 24.3 Å². The molecule has 23 heavy (non-hydrogen) atoms. The minimum atomic E-state index is -0.456. The third-order valence-electron chi connectivity index (χ3n) is 3.62. The molecule has 6 heteroatoms. The van der Waals surface area contributed by atoms with Gasteiger partial charge in [-0.25, -0.2) is 0 Å². The summed E-state index contributed by atoms with van der Waals surface area (Å²) in [6.07, 6.45) is 1.13. The Morgan fingerprint density at radius 1 is 1.30 bits per heavy atom. The lowest BCUT2D eigenvalue weighted by molar-refractivity contribution is -0.127. The maximum Gasteiger partial charge on any atom is 0.237 e. The lowest BCUT2D eigenvalue weighted by atomic mass is 10.1. The number of amides is 2. The Balaban J connectivity index is 1.78. The second-order valence-corrected chi connectivity index (χ2v) is 6.11. The number of hydrogen-bond acceptors (Lipinski definition) is 4. The van der Waals surface area contributed by atoms with Gasteiger partial charge in [-0.05, 0) is 36.6 Å². The smallest absolute Gasteiger partial charge is 0.237 e. The number of anilines is 1. The molecule has 1 heterocycles. The van der Waals surface area contributed by atoms with Crippen LogP contribution >= 0.6 is 0 Å². The highest BCUT2D eigenvalue weighted by Gasteiger charge is 2.23. The standard InChI is InChI=1S/C17H25N3O3/c1-12(2)7-10-23-14-5-3-13(4-6-14)20-16(21)11-15-17(22)19-9-8-18-15/h3-6,12,15,18H,7-11H2,1-2H3,(H,19,22)(H,20,21). The zero-order chi connectivity index (χ0) is 16.7. The van der Waals surface area contributed by atoms with E-state index in [9.17, 15) is 9.59 Å². The molecular formula is C17H25N3O3. The van der Waals surface area contributed by atoms with Crippen LogP contribution in [0.15, 0.2) is 24.3 Å². The number of rotatable bonds is 7. The molecule has 1 fully saturated rings. The summed E-state index contributed by atoms with van der Waals surface area (Å²) in [5.74, 6) is 1.09. The fourth-order valence-corrected chi connectivity index (χ4v) is 2.26. The van der Waals surface area contributed by atoms with Gasteiger partial charge in [0.05, 0.1) is 19.1 Å². The fourth-order valence-electron chi connectivity index (χ4n) is 2.26. The van der Waals surface area contributed by atoms with Crippen LogP contribution in [0, 0.1) is 5.92 Å². The Kier molecular flexibility index (Phi) is 6.40. The highest BCUT2D eigenvalue weighted by Crippen LogP contribution is 2.17. The first-order chi connectivity index (χ1) is 11.0. The Labute approximate surface area is 137 Å². The van der Waals surface area contributed by atoms with Crippen LogP contribution in [0.3, 0.4) is 0 Å². The molecule has 1 aliphatic heterocycles. The second-order valence-electron chi connectivity index (χ2n) is 6.11. The third-order valence-corrected chi connectivity index (χ3v) is 3.62.